The lowest BCUT2D eigenvalue weighted by molar-refractivity contribution is 0.0635. The zero-order valence-electron chi connectivity index (χ0n) is 14.6. The maximum Gasteiger partial charge on any atom is 0.412 e. The van der Waals surface area contributed by atoms with Crippen LogP contribution in [-0.4, -0.2) is 21.9 Å². The second-order valence-corrected chi connectivity index (χ2v) is 6.72. The van der Waals surface area contributed by atoms with Gasteiger partial charge in [0.15, 0.2) is 17.3 Å². The van der Waals surface area contributed by atoms with Gasteiger partial charge in [0.1, 0.15) is 5.60 Å². The third kappa shape index (κ3) is 4.02. The molecule has 7 nitrogen and oxygen atoms in total. The average Bonchev–Trinajstić information content (AvgIpc) is 2.95. The molecule has 0 saturated heterocycles. The molecule has 0 radical (unpaired) electrons. The Kier molecular flexibility index (Phi) is 4.41. The molecule has 0 aliphatic rings. The minimum absolute atomic E-state index is 0.0192. The van der Waals surface area contributed by atoms with Crippen LogP contribution in [0.5, 0.6) is 11.5 Å². The molecule has 136 valence electrons. The summed E-state index contributed by atoms with van der Waals surface area (Å²) in [5, 5.41) is 10.1. The van der Waals surface area contributed by atoms with Gasteiger partial charge in [-0.1, -0.05) is 0 Å². The number of fused-ring (bicyclic) bond motifs is 1. The number of aromatic nitrogens is 2. The molecule has 1 amide bonds. The van der Waals surface area contributed by atoms with Gasteiger partial charge in [-0.2, -0.15) is 5.10 Å². The summed E-state index contributed by atoms with van der Waals surface area (Å²) >= 11 is 0. The van der Waals surface area contributed by atoms with Gasteiger partial charge in [-0.25, -0.2) is 9.18 Å². The van der Waals surface area contributed by atoms with E-state index < -0.39 is 17.5 Å². The van der Waals surface area contributed by atoms with Gasteiger partial charge in [-0.15, -0.1) is 0 Å². The highest BCUT2D eigenvalue weighted by Gasteiger charge is 2.19. The fourth-order valence-corrected chi connectivity index (χ4v) is 2.28. The number of H-pyrrole nitrogens is 1. The van der Waals surface area contributed by atoms with E-state index in [0.29, 0.717) is 11.2 Å². The van der Waals surface area contributed by atoms with Crippen LogP contribution in [0.2, 0.25) is 0 Å². The van der Waals surface area contributed by atoms with E-state index in [0.717, 1.165) is 11.5 Å². The predicted molar refractivity (Wildman–Crippen MR) is 96.8 cm³/mol. The molecule has 0 spiro atoms. The molecule has 3 aromatic rings. The average molecular weight is 358 g/mol. The molecule has 2 aromatic carbocycles. The van der Waals surface area contributed by atoms with Crippen LogP contribution in [0.1, 0.15) is 20.8 Å². The molecule has 0 aliphatic carbocycles. The third-order valence-electron chi connectivity index (χ3n) is 3.35. The Morgan fingerprint density at radius 2 is 2.00 bits per heavy atom. The van der Waals surface area contributed by atoms with E-state index in [1.165, 1.54) is 12.1 Å². The minimum Gasteiger partial charge on any atom is -0.452 e. The minimum atomic E-state index is -0.660. The number of anilines is 2. The Bertz CT molecular complexity index is 963. The van der Waals surface area contributed by atoms with Crippen LogP contribution in [0.25, 0.3) is 10.9 Å². The van der Waals surface area contributed by atoms with Gasteiger partial charge < -0.3 is 15.2 Å². The van der Waals surface area contributed by atoms with Crippen LogP contribution in [0.3, 0.4) is 0 Å². The maximum atomic E-state index is 14.1. The van der Waals surface area contributed by atoms with Gasteiger partial charge in [0.25, 0.3) is 0 Å². The summed E-state index contributed by atoms with van der Waals surface area (Å²) in [6.45, 7) is 5.27. The first-order valence-corrected chi connectivity index (χ1v) is 7.91. The van der Waals surface area contributed by atoms with Crippen LogP contribution in [0, 0.1) is 5.82 Å². The molecular weight excluding hydrogens is 339 g/mol. The number of nitrogens with two attached hydrogens (primary N) is 1. The van der Waals surface area contributed by atoms with E-state index in [1.54, 1.807) is 39.1 Å². The van der Waals surface area contributed by atoms with Gasteiger partial charge in [0.05, 0.1) is 17.4 Å². The van der Waals surface area contributed by atoms with Crippen molar-refractivity contribution in [1.82, 2.24) is 10.2 Å². The fraction of sp³-hybridized carbons (Fsp3) is 0.222. The summed E-state index contributed by atoms with van der Waals surface area (Å²) < 4.78 is 25.0. The second kappa shape index (κ2) is 6.55. The second-order valence-electron chi connectivity index (χ2n) is 6.72. The number of nitrogens with one attached hydrogen (secondary N) is 2. The molecule has 0 aliphatic heterocycles. The number of ether oxygens (including phenoxy) is 2. The first kappa shape index (κ1) is 17.5. The number of carbonyl (C=O) groups excluding carboxylic acids is 1. The Balaban J connectivity index is 1.95. The smallest absolute Gasteiger partial charge is 0.412 e. The number of rotatable bonds is 3. The summed E-state index contributed by atoms with van der Waals surface area (Å²) in [6.07, 6.45) is 0.942. The first-order chi connectivity index (χ1) is 12.2. The SMILES string of the molecule is CC(C)(C)OC(=O)Nc1cc2[nH]ncc2cc1Oc1ccc(N)cc1F. The molecule has 26 heavy (non-hydrogen) atoms. The summed E-state index contributed by atoms with van der Waals surface area (Å²) in [5.74, 6) is -0.386. The van der Waals surface area contributed by atoms with Crippen molar-refractivity contribution in [2.24, 2.45) is 0 Å². The van der Waals surface area contributed by atoms with Crippen molar-refractivity contribution in [1.29, 1.82) is 0 Å². The maximum absolute atomic E-state index is 14.1. The predicted octanol–water partition coefficient (Wildman–Crippen LogP) is 4.42. The Morgan fingerprint density at radius 1 is 1.23 bits per heavy atom. The van der Waals surface area contributed by atoms with Crippen molar-refractivity contribution < 1.29 is 18.7 Å². The third-order valence-corrected chi connectivity index (χ3v) is 3.35. The van der Waals surface area contributed by atoms with Crippen LogP contribution in [0.4, 0.5) is 20.6 Å². The van der Waals surface area contributed by atoms with Gasteiger partial charge in [-0.3, -0.25) is 10.4 Å². The molecule has 8 heteroatoms. The normalized spacial score (nSPS) is 11.4. The van der Waals surface area contributed by atoms with Crippen LogP contribution in [-0.2, 0) is 4.74 Å². The van der Waals surface area contributed by atoms with Crippen molar-refractivity contribution in [3.05, 3.63) is 42.3 Å². The Hall–Kier alpha value is -3.29. The summed E-state index contributed by atoms with van der Waals surface area (Å²) in [5.41, 5.74) is 6.17. The lowest BCUT2D eigenvalue weighted by atomic mass is 10.2. The van der Waals surface area contributed by atoms with Gasteiger partial charge in [-0.05, 0) is 45.0 Å². The largest absolute Gasteiger partial charge is 0.452 e. The highest BCUT2D eigenvalue weighted by molar-refractivity contribution is 5.93. The molecule has 0 fully saturated rings. The molecule has 0 unspecified atom stereocenters. The number of hydrogen-bond acceptors (Lipinski definition) is 5. The summed E-state index contributed by atoms with van der Waals surface area (Å²) in [4.78, 5) is 12.1. The van der Waals surface area contributed by atoms with Crippen LogP contribution in [0.15, 0.2) is 36.5 Å². The van der Waals surface area contributed by atoms with Crippen molar-refractivity contribution in [2.45, 2.75) is 26.4 Å². The van der Waals surface area contributed by atoms with Crippen molar-refractivity contribution in [3.63, 3.8) is 0 Å². The molecular formula is C18H19FN4O3. The van der Waals surface area contributed by atoms with E-state index >= 15 is 0 Å². The molecule has 4 N–H and O–H groups in total. The number of halogens is 1. The highest BCUT2D eigenvalue weighted by Crippen LogP contribution is 2.35. The van der Waals surface area contributed by atoms with E-state index in [2.05, 4.69) is 15.5 Å². The van der Waals surface area contributed by atoms with Crippen LogP contribution < -0.4 is 15.8 Å². The number of aromatic amines is 1. The Labute approximate surface area is 149 Å². The zero-order valence-corrected chi connectivity index (χ0v) is 14.6. The fourth-order valence-electron chi connectivity index (χ4n) is 2.28. The van der Waals surface area contributed by atoms with E-state index in [-0.39, 0.29) is 17.2 Å². The number of nitrogen functional groups attached to an aromatic ring is 1. The number of hydrogen-bond donors (Lipinski definition) is 3. The van der Waals surface area contributed by atoms with Crippen molar-refractivity contribution in [3.8, 4) is 11.5 Å². The number of benzene rings is 2. The molecule has 1 heterocycles. The molecule has 0 bridgehead atoms. The summed E-state index contributed by atoms with van der Waals surface area (Å²) in [7, 11) is 0. The first-order valence-electron chi connectivity index (χ1n) is 7.91. The lowest BCUT2D eigenvalue weighted by Gasteiger charge is -2.20. The lowest BCUT2D eigenvalue weighted by Crippen LogP contribution is -2.27. The standard InChI is InChI=1S/C18H19FN4O3/c1-18(2,3)26-17(24)22-14-8-13-10(9-21-23-13)6-16(14)25-15-5-4-11(20)7-12(15)19/h4-9H,20H2,1-3H3,(H,21,23)(H,22,24). The number of amides is 1. The van der Waals surface area contributed by atoms with Crippen LogP contribution >= 0.6 is 0 Å². The summed E-state index contributed by atoms with van der Waals surface area (Å²) in [6, 6.07) is 7.38. The zero-order chi connectivity index (χ0) is 18.9. The number of carbonyl (C=O) groups is 1. The van der Waals surface area contributed by atoms with Gasteiger partial charge >= 0.3 is 6.09 Å². The molecule has 0 atom stereocenters. The highest BCUT2D eigenvalue weighted by atomic mass is 19.1. The van der Waals surface area contributed by atoms with E-state index in [4.69, 9.17) is 15.2 Å². The number of nitrogens with zero attached hydrogens (tertiary/aromatic N) is 1. The topological polar surface area (TPSA) is 102 Å². The molecule has 0 saturated carbocycles. The molecule has 3 rings (SSSR count). The van der Waals surface area contributed by atoms with Gasteiger partial charge in [0.2, 0.25) is 0 Å². The van der Waals surface area contributed by atoms with Crippen molar-refractivity contribution in [2.75, 3.05) is 11.1 Å². The van der Waals surface area contributed by atoms with E-state index in [9.17, 15) is 9.18 Å². The van der Waals surface area contributed by atoms with E-state index in [1.807, 2.05) is 0 Å². The van der Waals surface area contributed by atoms with Gasteiger partial charge in [0, 0.05) is 17.1 Å². The van der Waals surface area contributed by atoms with Crippen molar-refractivity contribution >= 4 is 28.4 Å². The monoisotopic (exact) mass is 358 g/mol. The molecule has 1 aromatic heterocycles. The quantitative estimate of drug-likeness (QED) is 0.601. The Morgan fingerprint density at radius 3 is 2.69 bits per heavy atom.